The molecule has 7 heteroatoms. The minimum absolute atomic E-state index is 0.0900. The molecule has 160 valence electrons. The highest BCUT2D eigenvalue weighted by molar-refractivity contribution is 6.30. The molecule has 3 rings (SSSR count). The molecule has 0 saturated carbocycles. The van der Waals surface area contributed by atoms with Gasteiger partial charge in [-0.1, -0.05) is 29.8 Å². The van der Waals surface area contributed by atoms with Crippen molar-refractivity contribution in [3.63, 3.8) is 0 Å². The molecule has 30 heavy (non-hydrogen) atoms. The molecule has 1 aliphatic rings. The fourth-order valence-corrected chi connectivity index (χ4v) is 4.23. The van der Waals surface area contributed by atoms with Crippen molar-refractivity contribution in [3.8, 4) is 5.75 Å². The maximum Gasteiger partial charge on any atom is 0.307 e. The molecule has 1 saturated heterocycles. The summed E-state index contributed by atoms with van der Waals surface area (Å²) in [6.07, 6.45) is 0.379. The largest absolute Gasteiger partial charge is 0.496 e. The lowest BCUT2D eigenvalue weighted by Gasteiger charge is -2.43. The Bertz CT molecular complexity index is 930. The van der Waals surface area contributed by atoms with E-state index in [2.05, 4.69) is 5.32 Å². The SMILES string of the molecule is COc1ccc(CC(=O)O)cc1[C@H]1C[C@@](C)(NC(C)=O)C[C@@H](c2ccc(Cl)cc2)O1. The number of hydrogen-bond donors (Lipinski definition) is 2. The van der Waals surface area contributed by atoms with Gasteiger partial charge in [-0.25, -0.2) is 0 Å². The molecule has 0 unspecified atom stereocenters. The number of benzene rings is 2. The first kappa shape index (κ1) is 22.1. The summed E-state index contributed by atoms with van der Waals surface area (Å²) in [7, 11) is 1.57. The quantitative estimate of drug-likeness (QED) is 0.705. The van der Waals surface area contributed by atoms with Crippen molar-refractivity contribution in [3.05, 3.63) is 64.2 Å². The summed E-state index contributed by atoms with van der Waals surface area (Å²) >= 11 is 6.04. The van der Waals surface area contributed by atoms with Crippen molar-refractivity contribution < 1.29 is 24.2 Å². The Kier molecular flexibility index (Phi) is 6.68. The van der Waals surface area contributed by atoms with Crippen LogP contribution < -0.4 is 10.1 Å². The molecule has 0 spiro atoms. The lowest BCUT2D eigenvalue weighted by atomic mass is 9.81. The van der Waals surface area contributed by atoms with Gasteiger partial charge in [0.1, 0.15) is 5.75 Å². The van der Waals surface area contributed by atoms with Crippen molar-refractivity contribution in [1.29, 1.82) is 0 Å². The molecule has 1 amide bonds. The number of hydrogen-bond acceptors (Lipinski definition) is 4. The molecule has 6 nitrogen and oxygen atoms in total. The van der Waals surface area contributed by atoms with E-state index in [9.17, 15) is 9.59 Å². The van der Waals surface area contributed by atoms with E-state index < -0.39 is 11.5 Å². The highest BCUT2D eigenvalue weighted by Gasteiger charge is 2.40. The van der Waals surface area contributed by atoms with Crippen LogP contribution in [0.1, 0.15) is 55.6 Å². The molecule has 3 atom stereocenters. The summed E-state index contributed by atoms with van der Waals surface area (Å²) < 4.78 is 12.0. The van der Waals surface area contributed by atoms with Crippen LogP contribution in [0.2, 0.25) is 5.02 Å². The molecule has 0 aromatic heterocycles. The van der Waals surface area contributed by atoms with Crippen LogP contribution in [0, 0.1) is 0 Å². The first-order valence-electron chi connectivity index (χ1n) is 9.77. The van der Waals surface area contributed by atoms with Crippen LogP contribution in [0.4, 0.5) is 0 Å². The molecule has 1 aliphatic heterocycles. The summed E-state index contributed by atoms with van der Waals surface area (Å²) in [5, 5.41) is 12.9. The van der Waals surface area contributed by atoms with E-state index in [1.165, 1.54) is 6.92 Å². The van der Waals surface area contributed by atoms with Gasteiger partial charge in [-0.15, -0.1) is 0 Å². The highest BCUT2D eigenvalue weighted by Crippen LogP contribution is 2.46. The van der Waals surface area contributed by atoms with Crippen molar-refractivity contribution >= 4 is 23.5 Å². The second-order valence-corrected chi connectivity index (χ2v) is 8.40. The number of amides is 1. The Labute approximate surface area is 181 Å². The van der Waals surface area contributed by atoms with Gasteiger partial charge in [0.05, 0.1) is 25.7 Å². The Hall–Kier alpha value is -2.57. The standard InChI is InChI=1S/C23H26ClNO5/c1-14(26)25-23(2)12-20(16-5-7-17(24)8-6-16)30-21(13-23)18-10-15(11-22(27)28)4-9-19(18)29-3/h4-10,20-21H,11-13H2,1-3H3,(H,25,26)(H,27,28)/t20-,21+,23-/m0/s1. The first-order valence-corrected chi connectivity index (χ1v) is 10.2. The molecule has 0 radical (unpaired) electrons. The van der Waals surface area contributed by atoms with Crippen LogP contribution in [-0.2, 0) is 20.7 Å². The van der Waals surface area contributed by atoms with Crippen LogP contribution in [0.3, 0.4) is 0 Å². The number of halogens is 1. The number of carboxylic acids is 1. The minimum atomic E-state index is -0.905. The van der Waals surface area contributed by atoms with Crippen molar-refractivity contribution in [2.24, 2.45) is 0 Å². The third kappa shape index (κ3) is 5.32. The van der Waals surface area contributed by atoms with Gasteiger partial charge in [-0.05, 0) is 42.3 Å². The molecular weight excluding hydrogens is 406 g/mol. The number of nitrogens with one attached hydrogen (secondary N) is 1. The highest BCUT2D eigenvalue weighted by atomic mass is 35.5. The van der Waals surface area contributed by atoms with Gasteiger partial charge in [0.25, 0.3) is 0 Å². The Balaban J connectivity index is 2.00. The number of carboxylic acid groups (broad SMARTS) is 1. The summed E-state index contributed by atoms with van der Waals surface area (Å²) in [5.41, 5.74) is 1.89. The Morgan fingerprint density at radius 2 is 1.87 bits per heavy atom. The van der Waals surface area contributed by atoms with Gasteiger partial charge < -0.3 is 19.9 Å². The molecule has 2 aromatic carbocycles. The fraction of sp³-hybridized carbons (Fsp3) is 0.391. The van der Waals surface area contributed by atoms with Crippen LogP contribution in [0.15, 0.2) is 42.5 Å². The van der Waals surface area contributed by atoms with E-state index >= 15 is 0 Å². The molecule has 1 fully saturated rings. The average molecular weight is 432 g/mol. The number of aliphatic carboxylic acids is 1. The normalized spacial score (nSPS) is 23.6. The fourth-order valence-electron chi connectivity index (χ4n) is 4.10. The van der Waals surface area contributed by atoms with Gasteiger partial charge in [0.15, 0.2) is 0 Å². The summed E-state index contributed by atoms with van der Waals surface area (Å²) in [6, 6.07) is 12.8. The molecule has 0 aliphatic carbocycles. The molecular formula is C23H26ClNO5. The van der Waals surface area contributed by atoms with Crippen molar-refractivity contribution in [1.82, 2.24) is 5.32 Å². The van der Waals surface area contributed by atoms with E-state index in [0.29, 0.717) is 29.2 Å². The zero-order valence-electron chi connectivity index (χ0n) is 17.3. The average Bonchev–Trinajstić information content (AvgIpc) is 2.66. The summed E-state index contributed by atoms with van der Waals surface area (Å²) in [6.45, 7) is 3.50. The minimum Gasteiger partial charge on any atom is -0.496 e. The predicted molar refractivity (Wildman–Crippen MR) is 114 cm³/mol. The van der Waals surface area contributed by atoms with Crippen LogP contribution in [0.25, 0.3) is 0 Å². The van der Waals surface area contributed by atoms with Crippen molar-refractivity contribution in [2.45, 2.75) is 50.9 Å². The second-order valence-electron chi connectivity index (χ2n) is 7.96. The third-order valence-electron chi connectivity index (χ3n) is 5.32. The van der Waals surface area contributed by atoms with E-state index in [-0.39, 0.29) is 24.5 Å². The van der Waals surface area contributed by atoms with Gasteiger partial charge >= 0.3 is 5.97 Å². The Morgan fingerprint density at radius 1 is 1.20 bits per heavy atom. The number of carbonyl (C=O) groups is 2. The maximum atomic E-state index is 11.9. The number of ether oxygens (including phenoxy) is 2. The number of rotatable bonds is 6. The van der Waals surface area contributed by atoms with E-state index in [1.54, 1.807) is 19.2 Å². The van der Waals surface area contributed by atoms with Crippen LogP contribution in [0.5, 0.6) is 5.75 Å². The van der Waals surface area contributed by atoms with Crippen LogP contribution in [-0.4, -0.2) is 29.6 Å². The first-order chi connectivity index (χ1) is 14.2. The molecule has 0 bridgehead atoms. The number of carbonyl (C=O) groups excluding carboxylic acids is 1. The van der Waals surface area contributed by atoms with Crippen LogP contribution >= 0.6 is 11.6 Å². The predicted octanol–water partition coefficient (Wildman–Crippen LogP) is 4.46. The maximum absolute atomic E-state index is 11.9. The summed E-state index contributed by atoms with van der Waals surface area (Å²) in [5.74, 6) is -0.395. The van der Waals surface area contributed by atoms with E-state index in [0.717, 1.165) is 11.1 Å². The van der Waals surface area contributed by atoms with E-state index in [1.807, 2.05) is 37.3 Å². The lowest BCUT2D eigenvalue weighted by molar-refractivity contribution is -0.136. The third-order valence-corrected chi connectivity index (χ3v) is 5.57. The molecule has 2 aromatic rings. The zero-order chi connectivity index (χ0) is 21.9. The summed E-state index contributed by atoms with van der Waals surface area (Å²) in [4.78, 5) is 23.1. The van der Waals surface area contributed by atoms with Gasteiger partial charge in [0.2, 0.25) is 5.91 Å². The molecule has 1 heterocycles. The molecule has 2 N–H and O–H groups in total. The smallest absolute Gasteiger partial charge is 0.307 e. The monoisotopic (exact) mass is 431 g/mol. The zero-order valence-corrected chi connectivity index (χ0v) is 18.0. The lowest BCUT2D eigenvalue weighted by Crippen LogP contribution is -2.50. The number of methoxy groups -OCH3 is 1. The van der Waals surface area contributed by atoms with Gasteiger partial charge in [-0.3, -0.25) is 9.59 Å². The van der Waals surface area contributed by atoms with E-state index in [4.69, 9.17) is 26.2 Å². The van der Waals surface area contributed by atoms with Gasteiger partial charge in [-0.2, -0.15) is 0 Å². The van der Waals surface area contributed by atoms with Crippen molar-refractivity contribution in [2.75, 3.05) is 7.11 Å². The second kappa shape index (κ2) is 9.06. The topological polar surface area (TPSA) is 84.9 Å². The van der Waals surface area contributed by atoms with Gasteiger partial charge in [0, 0.05) is 35.9 Å². The Morgan fingerprint density at radius 3 is 2.47 bits per heavy atom.